The molecular formula is C23H18BrF3N4O5. The highest BCUT2D eigenvalue weighted by molar-refractivity contribution is 9.10. The number of aromatic amines is 1. The highest BCUT2D eigenvalue weighted by atomic mass is 79.9. The van der Waals surface area contributed by atoms with E-state index in [0.717, 1.165) is 20.9 Å². The van der Waals surface area contributed by atoms with E-state index in [1.165, 1.54) is 0 Å². The van der Waals surface area contributed by atoms with Gasteiger partial charge in [-0.05, 0) is 30.3 Å². The first kappa shape index (κ1) is 25.3. The van der Waals surface area contributed by atoms with Crippen LogP contribution < -0.4 is 20.5 Å². The van der Waals surface area contributed by atoms with Crippen molar-refractivity contribution in [2.75, 3.05) is 19.9 Å². The quantitative estimate of drug-likeness (QED) is 0.290. The number of amides is 1. The van der Waals surface area contributed by atoms with Crippen molar-refractivity contribution in [1.82, 2.24) is 15.3 Å². The number of aliphatic carboxylic acids is 1. The number of benzene rings is 2. The van der Waals surface area contributed by atoms with Crippen molar-refractivity contribution >= 4 is 49.6 Å². The number of aromatic nitrogens is 2. The average molecular weight is 567 g/mol. The van der Waals surface area contributed by atoms with Crippen LogP contribution in [0.5, 0.6) is 11.5 Å². The summed E-state index contributed by atoms with van der Waals surface area (Å²) in [6, 6.07) is 11.4. The number of carboxylic acids is 1. The van der Waals surface area contributed by atoms with Crippen LogP contribution in [-0.2, 0) is 4.79 Å². The maximum atomic E-state index is 12.9. The van der Waals surface area contributed by atoms with Crippen LogP contribution in [0.4, 0.5) is 13.2 Å². The SMILES string of the molecule is NCCNC(=O)c1cc(-c2c[nH]c3ccc(Br)cc23)nc2cc3c(cc12)OCO3.O=C(O)C(F)(F)F. The molecule has 1 amide bonds. The fourth-order valence-electron chi connectivity index (χ4n) is 3.53. The number of nitrogens with one attached hydrogen (secondary N) is 2. The summed E-state index contributed by atoms with van der Waals surface area (Å²) in [6.07, 6.45) is -3.18. The summed E-state index contributed by atoms with van der Waals surface area (Å²) in [5.74, 6) is -1.73. The van der Waals surface area contributed by atoms with Crippen LogP contribution in [0.1, 0.15) is 10.4 Å². The third kappa shape index (κ3) is 5.21. The van der Waals surface area contributed by atoms with Gasteiger partial charge in [-0.2, -0.15) is 13.2 Å². The molecule has 0 saturated carbocycles. The fourth-order valence-corrected chi connectivity index (χ4v) is 3.89. The Morgan fingerprint density at radius 2 is 1.83 bits per heavy atom. The normalized spacial score (nSPS) is 12.4. The number of hydrogen-bond acceptors (Lipinski definition) is 6. The molecule has 0 bridgehead atoms. The zero-order valence-corrected chi connectivity index (χ0v) is 19.9. The molecule has 36 heavy (non-hydrogen) atoms. The van der Waals surface area contributed by atoms with Crippen LogP contribution in [0, 0.1) is 0 Å². The first-order chi connectivity index (χ1) is 17.1. The van der Waals surface area contributed by atoms with Crippen molar-refractivity contribution in [2.45, 2.75) is 6.18 Å². The Labute approximate surface area is 209 Å². The fraction of sp³-hybridized carbons (Fsp3) is 0.174. The van der Waals surface area contributed by atoms with Gasteiger partial charge in [-0.25, -0.2) is 9.78 Å². The number of alkyl halides is 3. The minimum atomic E-state index is -5.08. The number of fused-ring (bicyclic) bond motifs is 3. The topological polar surface area (TPSA) is 140 Å². The molecule has 188 valence electrons. The summed E-state index contributed by atoms with van der Waals surface area (Å²) in [5.41, 5.74) is 9.32. The van der Waals surface area contributed by atoms with Gasteiger partial charge < -0.3 is 30.6 Å². The number of halogens is 4. The Morgan fingerprint density at radius 1 is 1.14 bits per heavy atom. The first-order valence-corrected chi connectivity index (χ1v) is 11.2. The van der Waals surface area contributed by atoms with E-state index in [-0.39, 0.29) is 12.7 Å². The molecule has 0 unspecified atom stereocenters. The molecule has 0 aliphatic carbocycles. The second-order valence-corrected chi connectivity index (χ2v) is 8.43. The molecular weight excluding hydrogens is 549 g/mol. The van der Waals surface area contributed by atoms with E-state index in [1.807, 2.05) is 30.5 Å². The first-order valence-electron chi connectivity index (χ1n) is 10.4. The van der Waals surface area contributed by atoms with Crippen LogP contribution >= 0.6 is 15.9 Å². The van der Waals surface area contributed by atoms with Gasteiger partial charge in [0.05, 0.1) is 16.8 Å². The number of hydrogen-bond donors (Lipinski definition) is 4. The van der Waals surface area contributed by atoms with Crippen LogP contribution in [0.3, 0.4) is 0 Å². The van der Waals surface area contributed by atoms with Gasteiger partial charge in [0.2, 0.25) is 6.79 Å². The third-order valence-corrected chi connectivity index (χ3v) is 5.63. The predicted octanol–water partition coefficient (Wildman–Crippen LogP) is 4.20. The predicted molar refractivity (Wildman–Crippen MR) is 128 cm³/mol. The van der Waals surface area contributed by atoms with Crippen LogP contribution in [-0.4, -0.2) is 53.0 Å². The van der Waals surface area contributed by atoms with Gasteiger partial charge in [0.15, 0.2) is 11.5 Å². The number of ether oxygens (including phenoxy) is 2. The monoisotopic (exact) mass is 566 g/mol. The Hall–Kier alpha value is -3.84. The van der Waals surface area contributed by atoms with Gasteiger partial charge in [-0.1, -0.05) is 15.9 Å². The van der Waals surface area contributed by atoms with Crippen molar-refractivity contribution in [3.8, 4) is 22.8 Å². The molecule has 0 spiro atoms. The maximum Gasteiger partial charge on any atom is 0.490 e. The number of carbonyl (C=O) groups is 2. The molecule has 2 aromatic carbocycles. The standard InChI is InChI=1S/C21H17BrN4O3.C2HF3O2/c22-11-1-2-16-12(5-11)15(9-25-16)17-6-14(21(27)24-4-3-23)13-7-19-20(29-10-28-19)8-18(13)26-17;3-2(4,5)1(6)7/h1-2,5-9,25H,3-4,10,23H2,(H,24,27);(H,6,7). The molecule has 0 atom stereocenters. The lowest BCUT2D eigenvalue weighted by molar-refractivity contribution is -0.192. The summed E-state index contributed by atoms with van der Waals surface area (Å²) in [4.78, 5) is 29.9. The molecule has 0 fully saturated rings. The molecule has 5 rings (SSSR count). The number of nitrogens with two attached hydrogens (primary N) is 1. The van der Waals surface area contributed by atoms with Gasteiger partial charge >= 0.3 is 12.1 Å². The van der Waals surface area contributed by atoms with Crippen molar-refractivity contribution in [2.24, 2.45) is 5.73 Å². The van der Waals surface area contributed by atoms with Gasteiger partial charge in [0.25, 0.3) is 5.91 Å². The summed E-state index contributed by atoms with van der Waals surface area (Å²) >= 11 is 3.52. The Bertz CT molecular complexity index is 1470. The molecule has 1 aliphatic heterocycles. The zero-order valence-electron chi connectivity index (χ0n) is 18.3. The summed E-state index contributed by atoms with van der Waals surface area (Å²) in [5, 5.41) is 11.7. The molecule has 4 aromatic rings. The summed E-state index contributed by atoms with van der Waals surface area (Å²) < 4.78 is 43.7. The second kappa shape index (κ2) is 10.0. The van der Waals surface area contributed by atoms with Crippen molar-refractivity contribution in [1.29, 1.82) is 0 Å². The van der Waals surface area contributed by atoms with Crippen LogP contribution in [0.15, 0.2) is 47.1 Å². The minimum Gasteiger partial charge on any atom is -0.475 e. The molecule has 1 aliphatic rings. The number of carbonyl (C=O) groups excluding carboxylic acids is 1. The Balaban J connectivity index is 0.000000384. The highest BCUT2D eigenvalue weighted by Crippen LogP contribution is 2.38. The lowest BCUT2D eigenvalue weighted by Crippen LogP contribution is -2.29. The molecule has 0 radical (unpaired) electrons. The lowest BCUT2D eigenvalue weighted by atomic mass is 10.0. The highest BCUT2D eigenvalue weighted by Gasteiger charge is 2.38. The Kier molecular flexibility index (Phi) is 7.04. The van der Waals surface area contributed by atoms with Crippen molar-refractivity contribution in [3.05, 3.63) is 52.6 Å². The van der Waals surface area contributed by atoms with E-state index in [9.17, 15) is 18.0 Å². The zero-order chi connectivity index (χ0) is 26.0. The lowest BCUT2D eigenvalue weighted by Gasteiger charge is -2.11. The number of nitrogens with zero attached hydrogens (tertiary/aromatic N) is 1. The summed E-state index contributed by atoms with van der Waals surface area (Å²) in [7, 11) is 0. The van der Waals surface area contributed by atoms with E-state index in [0.29, 0.717) is 46.7 Å². The van der Waals surface area contributed by atoms with Gasteiger partial charge in [-0.3, -0.25) is 4.79 Å². The Morgan fingerprint density at radius 3 is 2.50 bits per heavy atom. The van der Waals surface area contributed by atoms with Crippen LogP contribution in [0.25, 0.3) is 33.1 Å². The van der Waals surface area contributed by atoms with E-state index in [2.05, 4.69) is 26.2 Å². The minimum absolute atomic E-state index is 0.156. The van der Waals surface area contributed by atoms with Crippen molar-refractivity contribution < 1.29 is 37.3 Å². The third-order valence-electron chi connectivity index (χ3n) is 5.14. The molecule has 9 nitrogen and oxygen atoms in total. The second-order valence-electron chi connectivity index (χ2n) is 7.52. The summed E-state index contributed by atoms with van der Waals surface area (Å²) in [6.45, 7) is 0.913. The smallest absolute Gasteiger partial charge is 0.475 e. The van der Waals surface area contributed by atoms with E-state index in [1.54, 1.807) is 12.1 Å². The van der Waals surface area contributed by atoms with Crippen molar-refractivity contribution in [3.63, 3.8) is 0 Å². The van der Waals surface area contributed by atoms with Crippen LogP contribution in [0.2, 0.25) is 0 Å². The molecule has 0 saturated heterocycles. The number of carboxylic acid groups (broad SMARTS) is 1. The van der Waals surface area contributed by atoms with Gasteiger partial charge in [-0.15, -0.1) is 0 Å². The molecule has 5 N–H and O–H groups in total. The molecule has 13 heteroatoms. The van der Waals surface area contributed by atoms with E-state index >= 15 is 0 Å². The number of pyridine rings is 1. The average Bonchev–Trinajstić information content (AvgIpc) is 3.46. The van der Waals surface area contributed by atoms with E-state index < -0.39 is 12.1 Å². The van der Waals surface area contributed by atoms with Gasteiger partial charge in [0, 0.05) is 51.7 Å². The molecule has 3 heterocycles. The van der Waals surface area contributed by atoms with E-state index in [4.69, 9.17) is 30.1 Å². The number of rotatable bonds is 4. The maximum absolute atomic E-state index is 12.9. The van der Waals surface area contributed by atoms with Gasteiger partial charge in [0.1, 0.15) is 0 Å². The molecule has 2 aromatic heterocycles. The largest absolute Gasteiger partial charge is 0.490 e. The number of H-pyrrole nitrogens is 1.